The van der Waals surface area contributed by atoms with Crippen LogP contribution in [0.15, 0.2) is 36.4 Å². The molecule has 0 atom stereocenters. The van der Waals surface area contributed by atoms with Gasteiger partial charge in [0.15, 0.2) is 5.75 Å². The smallest absolute Gasteiger partial charge is 0.417 e. The van der Waals surface area contributed by atoms with Gasteiger partial charge < -0.3 is 10.5 Å². The highest BCUT2D eigenvalue weighted by Crippen LogP contribution is 2.36. The van der Waals surface area contributed by atoms with Crippen LogP contribution in [0.2, 0.25) is 5.02 Å². The zero-order valence-corrected chi connectivity index (χ0v) is 11.2. The Labute approximate surface area is 123 Å². The number of nitrogens with two attached hydrogens (primary N) is 1. The predicted octanol–water partition coefficient (Wildman–Crippen LogP) is 4.60. The van der Waals surface area contributed by atoms with E-state index in [0.717, 1.165) is 12.1 Å². The topological polar surface area (TPSA) is 59.0 Å². The first-order valence-electron chi connectivity index (χ1n) is 5.65. The molecule has 0 saturated carbocycles. The summed E-state index contributed by atoms with van der Waals surface area (Å²) in [6.07, 6.45) is -4.65. The largest absolute Gasteiger partial charge is 0.455 e. The molecule has 0 unspecified atom stereocenters. The molecule has 7 heteroatoms. The van der Waals surface area contributed by atoms with Crippen LogP contribution in [0.1, 0.15) is 11.1 Å². The first-order valence-corrected chi connectivity index (χ1v) is 6.03. The van der Waals surface area contributed by atoms with E-state index in [0.29, 0.717) is 5.02 Å². The summed E-state index contributed by atoms with van der Waals surface area (Å²) in [6.45, 7) is 0. The molecule has 0 aliphatic heterocycles. The second kappa shape index (κ2) is 5.54. The fourth-order valence-corrected chi connectivity index (χ4v) is 1.80. The molecule has 0 aliphatic rings. The van der Waals surface area contributed by atoms with Gasteiger partial charge in [0, 0.05) is 11.1 Å². The van der Waals surface area contributed by atoms with Crippen LogP contribution in [0.4, 0.5) is 18.9 Å². The van der Waals surface area contributed by atoms with Crippen LogP contribution in [0.3, 0.4) is 0 Å². The van der Waals surface area contributed by atoms with Gasteiger partial charge in [-0.25, -0.2) is 0 Å². The lowest BCUT2D eigenvalue weighted by atomic mass is 10.1. The lowest BCUT2D eigenvalue weighted by Gasteiger charge is -2.12. The molecular formula is C14H8ClF3N2O. The quantitative estimate of drug-likeness (QED) is 0.824. The Bertz CT molecular complexity index is 723. The molecule has 2 rings (SSSR count). The molecule has 0 aliphatic carbocycles. The van der Waals surface area contributed by atoms with Crippen molar-refractivity contribution >= 4 is 17.3 Å². The highest BCUT2D eigenvalue weighted by molar-refractivity contribution is 6.30. The number of hydrogen-bond donors (Lipinski definition) is 1. The van der Waals surface area contributed by atoms with Crippen molar-refractivity contribution in [3.63, 3.8) is 0 Å². The second-order valence-corrected chi connectivity index (χ2v) is 4.54. The Morgan fingerprint density at radius 3 is 2.48 bits per heavy atom. The Morgan fingerprint density at radius 2 is 1.86 bits per heavy atom. The van der Waals surface area contributed by atoms with Crippen LogP contribution in [0, 0.1) is 11.3 Å². The van der Waals surface area contributed by atoms with Crippen LogP contribution < -0.4 is 10.5 Å². The predicted molar refractivity (Wildman–Crippen MR) is 72.1 cm³/mol. The van der Waals surface area contributed by atoms with Crippen LogP contribution in [0.5, 0.6) is 11.5 Å². The van der Waals surface area contributed by atoms with E-state index in [2.05, 4.69) is 0 Å². The van der Waals surface area contributed by atoms with Crippen molar-refractivity contribution in [3.8, 4) is 17.6 Å². The summed E-state index contributed by atoms with van der Waals surface area (Å²) in [6, 6.07) is 8.94. The highest BCUT2D eigenvalue weighted by Gasteiger charge is 2.34. The van der Waals surface area contributed by atoms with E-state index < -0.39 is 17.3 Å². The van der Waals surface area contributed by atoms with Gasteiger partial charge in [0.05, 0.1) is 22.9 Å². The molecule has 0 amide bonds. The van der Waals surface area contributed by atoms with Gasteiger partial charge in [0.1, 0.15) is 5.75 Å². The average molecular weight is 313 g/mol. The maximum absolute atomic E-state index is 12.8. The summed E-state index contributed by atoms with van der Waals surface area (Å²) in [7, 11) is 0. The number of anilines is 1. The number of rotatable bonds is 2. The zero-order chi connectivity index (χ0) is 15.6. The second-order valence-electron chi connectivity index (χ2n) is 4.10. The minimum Gasteiger partial charge on any atom is -0.455 e. The molecule has 2 aromatic carbocycles. The van der Waals surface area contributed by atoms with Gasteiger partial charge in [-0.3, -0.25) is 0 Å². The van der Waals surface area contributed by atoms with E-state index in [1.807, 2.05) is 0 Å². The third-order valence-electron chi connectivity index (χ3n) is 2.62. The maximum atomic E-state index is 12.8. The molecule has 21 heavy (non-hydrogen) atoms. The summed E-state index contributed by atoms with van der Waals surface area (Å²) in [4.78, 5) is 0. The van der Waals surface area contributed by atoms with Gasteiger partial charge in [0.2, 0.25) is 0 Å². The van der Waals surface area contributed by atoms with E-state index in [9.17, 15) is 13.2 Å². The normalized spacial score (nSPS) is 11.0. The van der Waals surface area contributed by atoms with Gasteiger partial charge in [0.25, 0.3) is 0 Å². The van der Waals surface area contributed by atoms with Crippen molar-refractivity contribution in [1.29, 1.82) is 5.26 Å². The van der Waals surface area contributed by atoms with Crippen molar-refractivity contribution in [2.75, 3.05) is 5.73 Å². The number of hydrogen-bond acceptors (Lipinski definition) is 3. The number of nitriles is 1. The Balaban J connectivity index is 2.42. The standard InChI is InChI=1S/C14H8ClF3N2O/c15-9-2-4-12(20)13(5-9)21-10-3-1-8(7-19)11(6-10)14(16,17)18/h1-6H,20H2. The minimum absolute atomic E-state index is 0.0877. The SMILES string of the molecule is N#Cc1ccc(Oc2cc(Cl)ccc2N)cc1C(F)(F)F. The van der Waals surface area contributed by atoms with Crippen molar-refractivity contribution < 1.29 is 17.9 Å². The molecule has 108 valence electrons. The fourth-order valence-electron chi connectivity index (χ4n) is 1.64. The van der Waals surface area contributed by atoms with Crippen LogP contribution in [-0.4, -0.2) is 0 Å². The van der Waals surface area contributed by atoms with Crippen LogP contribution >= 0.6 is 11.6 Å². The number of halogens is 4. The van der Waals surface area contributed by atoms with Crippen molar-refractivity contribution in [3.05, 3.63) is 52.5 Å². The maximum Gasteiger partial charge on any atom is 0.417 e. The number of nitrogens with zero attached hydrogens (tertiary/aromatic N) is 1. The van der Waals surface area contributed by atoms with Gasteiger partial charge in [-0.15, -0.1) is 0 Å². The fraction of sp³-hybridized carbons (Fsp3) is 0.0714. The van der Waals surface area contributed by atoms with E-state index in [-0.39, 0.29) is 17.2 Å². The first kappa shape index (κ1) is 15.0. The van der Waals surface area contributed by atoms with Gasteiger partial charge in [-0.05, 0) is 30.3 Å². The lowest BCUT2D eigenvalue weighted by molar-refractivity contribution is -0.137. The van der Waals surface area contributed by atoms with Gasteiger partial charge in [-0.2, -0.15) is 18.4 Å². The number of benzene rings is 2. The first-order chi connectivity index (χ1) is 9.81. The molecule has 0 spiro atoms. The molecule has 0 aromatic heterocycles. The van der Waals surface area contributed by atoms with E-state index >= 15 is 0 Å². The summed E-state index contributed by atoms with van der Waals surface area (Å²) < 4.78 is 43.8. The number of nitrogen functional groups attached to an aromatic ring is 1. The number of alkyl halides is 3. The van der Waals surface area contributed by atoms with E-state index in [1.165, 1.54) is 30.3 Å². The van der Waals surface area contributed by atoms with Crippen LogP contribution in [0.25, 0.3) is 0 Å². The van der Waals surface area contributed by atoms with Crippen molar-refractivity contribution in [2.24, 2.45) is 0 Å². The van der Waals surface area contributed by atoms with Crippen molar-refractivity contribution in [1.82, 2.24) is 0 Å². The molecule has 0 radical (unpaired) electrons. The van der Waals surface area contributed by atoms with Crippen LogP contribution in [-0.2, 0) is 6.18 Å². The zero-order valence-electron chi connectivity index (χ0n) is 10.4. The molecule has 2 N–H and O–H groups in total. The monoisotopic (exact) mass is 312 g/mol. The Kier molecular flexibility index (Phi) is 3.96. The van der Waals surface area contributed by atoms with Crippen molar-refractivity contribution in [2.45, 2.75) is 6.18 Å². The Morgan fingerprint density at radius 1 is 1.14 bits per heavy atom. The summed E-state index contributed by atoms with van der Waals surface area (Å²) in [5, 5.41) is 9.05. The third-order valence-corrected chi connectivity index (χ3v) is 2.86. The molecule has 3 nitrogen and oxygen atoms in total. The molecule has 0 bridgehead atoms. The highest BCUT2D eigenvalue weighted by atomic mass is 35.5. The molecule has 2 aromatic rings. The molecule has 0 heterocycles. The summed E-state index contributed by atoms with van der Waals surface area (Å²) in [5.74, 6) is 0.0515. The van der Waals surface area contributed by atoms with Gasteiger partial charge >= 0.3 is 6.18 Å². The lowest BCUT2D eigenvalue weighted by Crippen LogP contribution is -2.08. The molecule has 0 saturated heterocycles. The average Bonchev–Trinajstić information content (AvgIpc) is 2.42. The van der Waals surface area contributed by atoms with Gasteiger partial charge in [-0.1, -0.05) is 11.6 Å². The summed E-state index contributed by atoms with van der Waals surface area (Å²) >= 11 is 5.78. The molecule has 0 fully saturated rings. The Hall–Kier alpha value is -2.39. The summed E-state index contributed by atoms with van der Waals surface area (Å²) in [5.41, 5.74) is 4.35. The molecular weight excluding hydrogens is 305 g/mol. The third kappa shape index (κ3) is 3.38. The number of ether oxygens (including phenoxy) is 1. The minimum atomic E-state index is -4.65. The van der Waals surface area contributed by atoms with E-state index in [4.69, 9.17) is 27.3 Å². The van der Waals surface area contributed by atoms with E-state index in [1.54, 1.807) is 0 Å².